The number of imide groups is 1. The number of nitrogens with zero attached hydrogens (tertiary/aromatic N) is 1. The number of fused-ring (bicyclic) bond motifs is 2. The van der Waals surface area contributed by atoms with Crippen molar-refractivity contribution >= 4 is 34.2 Å². The van der Waals surface area contributed by atoms with Gasteiger partial charge in [0.25, 0.3) is 11.8 Å². The summed E-state index contributed by atoms with van der Waals surface area (Å²) in [5.74, 6) is -0.472. The van der Waals surface area contributed by atoms with E-state index in [0.29, 0.717) is 36.9 Å². The van der Waals surface area contributed by atoms with Crippen LogP contribution < -0.4 is 5.32 Å². The Labute approximate surface area is 169 Å². The van der Waals surface area contributed by atoms with Crippen LogP contribution >= 0.6 is 0 Å². The summed E-state index contributed by atoms with van der Waals surface area (Å²) in [6.07, 6.45) is 2.58. The molecule has 0 radical (unpaired) electrons. The normalized spacial score (nSPS) is 13.0. The van der Waals surface area contributed by atoms with E-state index in [4.69, 9.17) is 0 Å². The van der Waals surface area contributed by atoms with Gasteiger partial charge < -0.3 is 5.32 Å². The van der Waals surface area contributed by atoms with E-state index in [1.807, 2.05) is 42.5 Å². The minimum atomic E-state index is -0.223. The molecule has 4 rings (SSSR count). The third-order valence-corrected chi connectivity index (χ3v) is 5.23. The van der Waals surface area contributed by atoms with Gasteiger partial charge in [-0.25, -0.2) is 0 Å². The van der Waals surface area contributed by atoms with Crippen molar-refractivity contribution in [3.8, 4) is 0 Å². The first-order valence-electron chi connectivity index (χ1n) is 9.88. The summed E-state index contributed by atoms with van der Waals surface area (Å²) in [7, 11) is 0. The van der Waals surface area contributed by atoms with Gasteiger partial charge in [0.2, 0.25) is 5.91 Å². The number of hydrogen-bond donors (Lipinski definition) is 1. The number of carbonyl (C=O) groups excluding carboxylic acids is 3. The van der Waals surface area contributed by atoms with Crippen molar-refractivity contribution < 1.29 is 14.4 Å². The topological polar surface area (TPSA) is 66.5 Å². The minimum Gasteiger partial charge on any atom is -0.326 e. The molecule has 1 aliphatic heterocycles. The lowest BCUT2D eigenvalue weighted by Crippen LogP contribution is -2.30. The highest BCUT2D eigenvalue weighted by Gasteiger charge is 2.34. The summed E-state index contributed by atoms with van der Waals surface area (Å²) < 4.78 is 0. The minimum absolute atomic E-state index is 0.0258. The molecule has 146 valence electrons. The van der Waals surface area contributed by atoms with Gasteiger partial charge in [0, 0.05) is 24.0 Å². The highest BCUT2D eigenvalue weighted by atomic mass is 16.2. The summed E-state index contributed by atoms with van der Waals surface area (Å²) in [5.41, 5.74) is 1.78. The quantitative estimate of drug-likeness (QED) is 0.475. The third kappa shape index (κ3) is 3.90. The summed E-state index contributed by atoms with van der Waals surface area (Å²) in [4.78, 5) is 38.3. The van der Waals surface area contributed by atoms with Gasteiger partial charge in [0.15, 0.2) is 0 Å². The van der Waals surface area contributed by atoms with Gasteiger partial charge in [0.1, 0.15) is 0 Å². The maximum Gasteiger partial charge on any atom is 0.261 e. The first-order chi connectivity index (χ1) is 14.1. The molecule has 1 aliphatic rings. The van der Waals surface area contributed by atoms with Crippen molar-refractivity contribution in [1.82, 2.24) is 4.90 Å². The number of unbranched alkanes of at least 4 members (excludes halogenated alkanes) is 2. The molecule has 3 amide bonds. The molecule has 0 fully saturated rings. The predicted octanol–water partition coefficient (Wildman–Crippen LogP) is 4.63. The van der Waals surface area contributed by atoms with Crippen LogP contribution in [0.3, 0.4) is 0 Å². The van der Waals surface area contributed by atoms with Crippen molar-refractivity contribution in [2.24, 2.45) is 0 Å². The van der Waals surface area contributed by atoms with E-state index < -0.39 is 0 Å². The molecule has 0 atom stereocenters. The number of hydrogen-bond acceptors (Lipinski definition) is 3. The number of nitrogens with one attached hydrogen (secondary N) is 1. The van der Waals surface area contributed by atoms with Crippen LogP contribution in [0, 0.1) is 0 Å². The van der Waals surface area contributed by atoms with Crippen LogP contribution in [-0.2, 0) is 4.79 Å². The molecule has 0 saturated carbocycles. The highest BCUT2D eigenvalue weighted by Crippen LogP contribution is 2.24. The van der Waals surface area contributed by atoms with Gasteiger partial charge in [-0.3, -0.25) is 19.3 Å². The van der Waals surface area contributed by atoms with Crippen LogP contribution in [0.2, 0.25) is 0 Å². The van der Waals surface area contributed by atoms with Gasteiger partial charge in [-0.1, -0.05) is 55.0 Å². The van der Waals surface area contributed by atoms with E-state index in [1.54, 1.807) is 24.3 Å². The second-order valence-corrected chi connectivity index (χ2v) is 7.19. The van der Waals surface area contributed by atoms with E-state index in [0.717, 1.165) is 22.9 Å². The summed E-state index contributed by atoms with van der Waals surface area (Å²) in [6.45, 7) is 0.386. The molecular formula is C24H22N2O3. The van der Waals surface area contributed by atoms with Crippen molar-refractivity contribution in [3.63, 3.8) is 0 Å². The molecule has 5 heteroatoms. The van der Waals surface area contributed by atoms with Gasteiger partial charge in [-0.2, -0.15) is 0 Å². The number of anilines is 1. The maximum absolute atomic E-state index is 12.3. The lowest BCUT2D eigenvalue weighted by atomic mass is 10.1. The third-order valence-electron chi connectivity index (χ3n) is 5.23. The fraction of sp³-hybridized carbons (Fsp3) is 0.208. The Morgan fingerprint density at radius 2 is 1.41 bits per heavy atom. The number of rotatable bonds is 7. The van der Waals surface area contributed by atoms with E-state index in [9.17, 15) is 14.4 Å². The SMILES string of the molecule is O=C(CCCCCN1C(=O)c2ccccc2C1=O)Nc1cccc2ccccc12. The summed E-state index contributed by atoms with van der Waals surface area (Å²) in [5, 5.41) is 5.10. The fourth-order valence-corrected chi connectivity index (χ4v) is 3.72. The average molecular weight is 386 g/mol. The Balaban J connectivity index is 1.24. The van der Waals surface area contributed by atoms with Crippen LogP contribution in [0.4, 0.5) is 5.69 Å². The second kappa shape index (κ2) is 8.27. The summed E-state index contributed by atoms with van der Waals surface area (Å²) >= 11 is 0. The average Bonchev–Trinajstić information content (AvgIpc) is 2.99. The molecular weight excluding hydrogens is 364 g/mol. The van der Waals surface area contributed by atoms with E-state index in [2.05, 4.69) is 5.32 Å². The lowest BCUT2D eigenvalue weighted by Gasteiger charge is -2.13. The van der Waals surface area contributed by atoms with Gasteiger partial charge in [-0.05, 0) is 36.4 Å². The Bertz CT molecular complexity index is 1050. The second-order valence-electron chi connectivity index (χ2n) is 7.19. The zero-order valence-electron chi connectivity index (χ0n) is 16.1. The van der Waals surface area contributed by atoms with E-state index in [-0.39, 0.29) is 17.7 Å². The van der Waals surface area contributed by atoms with Crippen LogP contribution in [-0.4, -0.2) is 29.2 Å². The molecule has 0 spiro atoms. The Hall–Kier alpha value is -3.47. The van der Waals surface area contributed by atoms with Crippen LogP contribution in [0.25, 0.3) is 10.8 Å². The summed E-state index contributed by atoms with van der Waals surface area (Å²) in [6, 6.07) is 20.7. The van der Waals surface area contributed by atoms with E-state index in [1.165, 1.54) is 4.90 Å². The van der Waals surface area contributed by atoms with Crippen molar-refractivity contribution in [3.05, 3.63) is 77.9 Å². The van der Waals surface area contributed by atoms with Crippen molar-refractivity contribution in [2.45, 2.75) is 25.7 Å². The number of benzene rings is 3. The molecule has 0 aromatic heterocycles. The molecule has 0 aliphatic carbocycles. The fourth-order valence-electron chi connectivity index (χ4n) is 3.72. The number of amides is 3. The largest absolute Gasteiger partial charge is 0.326 e. The molecule has 0 saturated heterocycles. The predicted molar refractivity (Wildman–Crippen MR) is 113 cm³/mol. The zero-order chi connectivity index (χ0) is 20.2. The van der Waals surface area contributed by atoms with Crippen LogP contribution in [0.5, 0.6) is 0 Å². The molecule has 1 N–H and O–H groups in total. The van der Waals surface area contributed by atoms with Crippen LogP contribution in [0.15, 0.2) is 66.7 Å². The first kappa shape index (κ1) is 18.9. The molecule has 3 aromatic carbocycles. The zero-order valence-corrected chi connectivity index (χ0v) is 16.1. The van der Waals surface area contributed by atoms with Gasteiger partial charge in [-0.15, -0.1) is 0 Å². The smallest absolute Gasteiger partial charge is 0.261 e. The molecule has 0 bridgehead atoms. The maximum atomic E-state index is 12.3. The Morgan fingerprint density at radius 3 is 2.17 bits per heavy atom. The van der Waals surface area contributed by atoms with E-state index >= 15 is 0 Å². The Morgan fingerprint density at radius 1 is 0.759 bits per heavy atom. The molecule has 0 unspecified atom stereocenters. The molecule has 1 heterocycles. The van der Waals surface area contributed by atoms with Crippen molar-refractivity contribution in [1.29, 1.82) is 0 Å². The van der Waals surface area contributed by atoms with Gasteiger partial charge in [0.05, 0.1) is 11.1 Å². The standard InChI is InChI=1S/C24H22N2O3/c27-22(25-21-14-8-10-17-9-3-4-11-18(17)21)15-2-1-7-16-26-23(28)19-12-5-6-13-20(19)24(26)29/h3-6,8-14H,1-2,7,15-16H2,(H,25,27). The number of carbonyl (C=O) groups is 3. The monoisotopic (exact) mass is 386 g/mol. The van der Waals surface area contributed by atoms with Gasteiger partial charge >= 0.3 is 0 Å². The first-order valence-corrected chi connectivity index (χ1v) is 9.88. The Kier molecular flexibility index (Phi) is 5.38. The molecule has 5 nitrogen and oxygen atoms in total. The van der Waals surface area contributed by atoms with Crippen molar-refractivity contribution in [2.75, 3.05) is 11.9 Å². The van der Waals surface area contributed by atoms with Crippen LogP contribution in [0.1, 0.15) is 46.4 Å². The molecule has 29 heavy (non-hydrogen) atoms. The lowest BCUT2D eigenvalue weighted by molar-refractivity contribution is -0.116. The molecule has 3 aromatic rings. The highest BCUT2D eigenvalue weighted by molar-refractivity contribution is 6.21.